The summed E-state index contributed by atoms with van der Waals surface area (Å²) < 4.78 is 24.6. The van der Waals surface area contributed by atoms with E-state index in [4.69, 9.17) is 10.8 Å². The Kier molecular flexibility index (Phi) is 2.97. The summed E-state index contributed by atoms with van der Waals surface area (Å²) in [5, 5.41) is 19.1. The minimum absolute atomic E-state index is 0.510. The van der Waals surface area contributed by atoms with Gasteiger partial charge in [0.25, 0.3) is 6.43 Å². The monoisotopic (exact) mass is 233 g/mol. The van der Waals surface area contributed by atoms with Crippen LogP contribution in [-0.4, -0.2) is 21.0 Å². The van der Waals surface area contributed by atoms with Crippen molar-refractivity contribution in [2.24, 2.45) is 0 Å². The lowest BCUT2D eigenvalue weighted by Gasteiger charge is -2.05. The highest BCUT2D eigenvalue weighted by molar-refractivity contribution is 5.93. The summed E-state index contributed by atoms with van der Waals surface area (Å²) in [5.74, 6) is -1.71. The van der Waals surface area contributed by atoms with Crippen molar-refractivity contribution in [2.45, 2.75) is 6.43 Å². The number of halogens is 2. The van der Waals surface area contributed by atoms with Crippen molar-refractivity contribution in [3.8, 4) is 0 Å². The normalized spacial score (nSPS) is 10.4. The number of nitrogens with two attached hydrogens (primary N) is 1. The van der Waals surface area contributed by atoms with Crippen LogP contribution in [0.4, 0.5) is 20.2 Å². The number of rotatable bonds is 3. The molecule has 3 N–H and O–H groups in total. The Morgan fingerprint density at radius 3 is 2.56 bits per heavy atom. The first kappa shape index (κ1) is 11.8. The van der Waals surface area contributed by atoms with Gasteiger partial charge >= 0.3 is 11.7 Å². The first-order valence-electron chi connectivity index (χ1n) is 3.80. The molecule has 1 rings (SSSR count). The standard InChI is InChI=1S/C7H5F2N3O4/c8-6(9)2-1-11-4(7(13)14)5(3(2)10)12(15)16/h1,6H,(H2,10,11)(H,13,14). The van der Waals surface area contributed by atoms with Crippen LogP contribution in [-0.2, 0) is 0 Å². The zero-order chi connectivity index (χ0) is 12.5. The van der Waals surface area contributed by atoms with E-state index in [9.17, 15) is 23.7 Å². The third-order valence-electron chi connectivity index (χ3n) is 1.74. The van der Waals surface area contributed by atoms with Crippen molar-refractivity contribution in [3.05, 3.63) is 27.6 Å². The summed E-state index contributed by atoms with van der Waals surface area (Å²) in [6.07, 6.45) is -2.55. The maximum Gasteiger partial charge on any atom is 0.361 e. The van der Waals surface area contributed by atoms with Crippen molar-refractivity contribution < 1.29 is 23.6 Å². The molecule has 16 heavy (non-hydrogen) atoms. The van der Waals surface area contributed by atoms with E-state index in [0.717, 1.165) is 0 Å². The third kappa shape index (κ3) is 1.87. The molecule has 0 aromatic carbocycles. The fourth-order valence-corrected chi connectivity index (χ4v) is 1.04. The molecule has 0 bridgehead atoms. The zero-order valence-electron chi connectivity index (χ0n) is 7.55. The number of carbonyl (C=O) groups is 1. The highest BCUT2D eigenvalue weighted by Gasteiger charge is 2.29. The molecule has 0 spiro atoms. The Hall–Kier alpha value is -2.32. The van der Waals surface area contributed by atoms with Crippen molar-refractivity contribution in [1.29, 1.82) is 0 Å². The zero-order valence-corrected chi connectivity index (χ0v) is 7.55. The molecule has 7 nitrogen and oxygen atoms in total. The van der Waals surface area contributed by atoms with E-state index < -0.39 is 40.0 Å². The van der Waals surface area contributed by atoms with Crippen LogP contribution in [0.1, 0.15) is 22.5 Å². The van der Waals surface area contributed by atoms with Gasteiger partial charge in [0, 0.05) is 6.20 Å². The summed E-state index contributed by atoms with van der Waals surface area (Å²) in [5.41, 5.74) is 1.27. The van der Waals surface area contributed by atoms with Crippen LogP contribution in [0.3, 0.4) is 0 Å². The van der Waals surface area contributed by atoms with Crippen LogP contribution in [0, 0.1) is 10.1 Å². The quantitative estimate of drug-likeness (QED) is 0.598. The van der Waals surface area contributed by atoms with Crippen molar-refractivity contribution in [1.82, 2.24) is 4.98 Å². The molecule has 0 aliphatic rings. The van der Waals surface area contributed by atoms with E-state index in [2.05, 4.69) is 4.98 Å². The van der Waals surface area contributed by atoms with Crippen LogP contribution in [0.25, 0.3) is 0 Å². The van der Waals surface area contributed by atoms with Gasteiger partial charge in [-0.2, -0.15) is 0 Å². The number of nitro groups is 1. The molecule has 86 valence electrons. The molecule has 0 saturated heterocycles. The molecule has 1 aromatic heterocycles. The van der Waals surface area contributed by atoms with Crippen molar-refractivity contribution in [3.63, 3.8) is 0 Å². The molecule has 0 amide bonds. The molecule has 0 radical (unpaired) electrons. The largest absolute Gasteiger partial charge is 0.476 e. The summed E-state index contributed by atoms with van der Waals surface area (Å²) in [7, 11) is 0. The van der Waals surface area contributed by atoms with Gasteiger partial charge in [-0.25, -0.2) is 18.6 Å². The molecular formula is C7H5F2N3O4. The lowest BCUT2D eigenvalue weighted by molar-refractivity contribution is -0.384. The summed E-state index contributed by atoms with van der Waals surface area (Å²) in [6.45, 7) is 0. The van der Waals surface area contributed by atoms with Crippen LogP contribution >= 0.6 is 0 Å². The average molecular weight is 233 g/mol. The Bertz CT molecular complexity index is 463. The summed E-state index contributed by atoms with van der Waals surface area (Å²) in [4.78, 5) is 23.0. The fourth-order valence-electron chi connectivity index (χ4n) is 1.04. The van der Waals surface area contributed by atoms with Crippen molar-refractivity contribution in [2.75, 3.05) is 5.73 Å². The van der Waals surface area contributed by atoms with Crippen molar-refractivity contribution >= 4 is 17.3 Å². The fraction of sp³-hybridized carbons (Fsp3) is 0.143. The number of hydrogen-bond acceptors (Lipinski definition) is 5. The second-order valence-corrected chi connectivity index (χ2v) is 2.69. The van der Waals surface area contributed by atoms with Gasteiger partial charge in [0.2, 0.25) is 5.69 Å². The van der Waals surface area contributed by atoms with E-state index in [1.54, 1.807) is 0 Å². The molecule has 9 heteroatoms. The minimum Gasteiger partial charge on any atom is -0.476 e. The maximum atomic E-state index is 12.3. The minimum atomic E-state index is -3.06. The third-order valence-corrected chi connectivity index (χ3v) is 1.74. The SMILES string of the molecule is Nc1c(C(F)F)cnc(C(=O)O)c1[N+](=O)[O-]. The van der Waals surface area contributed by atoms with Gasteiger partial charge in [0.1, 0.15) is 5.69 Å². The lowest BCUT2D eigenvalue weighted by atomic mass is 10.2. The second kappa shape index (κ2) is 4.04. The predicted molar refractivity (Wildman–Crippen MR) is 47.2 cm³/mol. The molecule has 0 fully saturated rings. The number of pyridine rings is 1. The molecule has 0 unspecified atom stereocenters. The number of aromatic carboxylic acids is 1. The van der Waals surface area contributed by atoms with Gasteiger partial charge in [0.15, 0.2) is 0 Å². The number of nitrogen functional groups attached to an aromatic ring is 1. The highest BCUT2D eigenvalue weighted by Crippen LogP contribution is 2.33. The van der Waals surface area contributed by atoms with Gasteiger partial charge in [0.05, 0.1) is 10.5 Å². The van der Waals surface area contributed by atoms with Gasteiger partial charge in [-0.15, -0.1) is 0 Å². The molecular weight excluding hydrogens is 228 g/mol. The summed E-state index contributed by atoms with van der Waals surface area (Å²) >= 11 is 0. The first-order chi connectivity index (χ1) is 7.36. The van der Waals surface area contributed by atoms with E-state index in [1.807, 2.05) is 0 Å². The predicted octanol–water partition coefficient (Wildman–Crippen LogP) is 1.21. The number of aromatic nitrogens is 1. The van der Waals surface area contributed by atoms with Crippen LogP contribution in [0.15, 0.2) is 6.20 Å². The van der Waals surface area contributed by atoms with Crippen LogP contribution in [0.2, 0.25) is 0 Å². The van der Waals surface area contributed by atoms with E-state index >= 15 is 0 Å². The van der Waals surface area contributed by atoms with Gasteiger partial charge in [-0.05, 0) is 0 Å². The number of carboxylic acids is 1. The van der Waals surface area contributed by atoms with E-state index in [0.29, 0.717) is 6.20 Å². The van der Waals surface area contributed by atoms with Crippen LogP contribution in [0.5, 0.6) is 0 Å². The molecule has 1 heterocycles. The number of hydrogen-bond donors (Lipinski definition) is 2. The first-order valence-corrected chi connectivity index (χ1v) is 3.80. The Morgan fingerprint density at radius 1 is 1.62 bits per heavy atom. The molecule has 0 aliphatic heterocycles. The van der Waals surface area contributed by atoms with Gasteiger partial charge < -0.3 is 10.8 Å². The number of alkyl halides is 2. The Morgan fingerprint density at radius 2 is 2.19 bits per heavy atom. The Balaban J connectivity index is 3.54. The molecule has 0 aliphatic carbocycles. The number of anilines is 1. The molecule has 1 aromatic rings. The van der Waals surface area contributed by atoms with Gasteiger partial charge in [-0.1, -0.05) is 0 Å². The average Bonchev–Trinajstić information content (AvgIpc) is 2.15. The second-order valence-electron chi connectivity index (χ2n) is 2.69. The summed E-state index contributed by atoms with van der Waals surface area (Å²) in [6, 6.07) is 0. The van der Waals surface area contributed by atoms with Crippen LogP contribution < -0.4 is 5.73 Å². The highest BCUT2D eigenvalue weighted by atomic mass is 19.3. The number of nitrogens with zero attached hydrogens (tertiary/aromatic N) is 2. The smallest absolute Gasteiger partial charge is 0.361 e. The lowest BCUT2D eigenvalue weighted by Crippen LogP contribution is -2.10. The molecule has 0 saturated carbocycles. The molecule has 0 atom stereocenters. The maximum absolute atomic E-state index is 12.3. The number of carboxylic acid groups (broad SMARTS) is 1. The van der Waals surface area contributed by atoms with E-state index in [-0.39, 0.29) is 0 Å². The van der Waals surface area contributed by atoms with E-state index in [1.165, 1.54) is 0 Å². The topological polar surface area (TPSA) is 119 Å². The Labute approximate surface area is 86.7 Å². The van der Waals surface area contributed by atoms with Gasteiger partial charge in [-0.3, -0.25) is 10.1 Å².